The molecule has 2 unspecified atom stereocenters. The standard InChI is InChI=1S/2C31H41.2ClH.Hf/c2*1-28(2,3)24-15-23(16-25(19-24)29(4,5)6)20-13-21-17-26-27(18-22(21)14-20)31(9,10)12-11-30(26,7)8;;;/h2*13-19H,11-12H2,1-10H3;2*1H;/q;;;;+2/p-2. The predicted octanol–water partition coefficient (Wildman–Crippen LogP) is 11.6. The molecule has 0 aromatic heterocycles. The molecule has 3 heteroatoms. The summed E-state index contributed by atoms with van der Waals surface area (Å²) < 4.78 is 0.892. The fourth-order valence-electron chi connectivity index (χ4n) is 11.2. The Morgan fingerprint density at radius 1 is 0.369 bits per heavy atom. The predicted molar refractivity (Wildman–Crippen MR) is 272 cm³/mol. The van der Waals surface area contributed by atoms with E-state index in [1.807, 2.05) is 0 Å². The maximum atomic E-state index is 2.76. The summed E-state index contributed by atoms with van der Waals surface area (Å²) in [5.41, 5.74) is 25.4. The molecule has 4 aliphatic rings. The minimum atomic E-state index is -1.72. The third-order valence-electron chi connectivity index (χ3n) is 16.3. The SMILES string of the molecule is CC(C)(C)c1cc(C2=Cc3cc4c(cc3[CH]2[Hf+2][CH]2C(c3cc(C(C)(C)C)cc(C(C)(C)C)c3)=Cc3cc5c(cc32)C(C)(C)CCC5(C)C)C(C)(C)CCC4(C)C)cc(C(C)(C)C)c1.[Cl-].[Cl-]. The minimum Gasteiger partial charge on any atom is -1.00 e. The molecule has 4 aromatic rings. The van der Waals surface area contributed by atoms with Crippen molar-refractivity contribution in [2.24, 2.45) is 0 Å². The second-order valence-corrected chi connectivity index (χ2v) is 32.8. The van der Waals surface area contributed by atoms with Crippen LogP contribution < -0.4 is 24.8 Å². The largest absolute Gasteiger partial charge is 1.00 e. The Kier molecular flexibility index (Phi) is 13.4. The van der Waals surface area contributed by atoms with E-state index in [0.717, 1.165) is 0 Å². The van der Waals surface area contributed by atoms with Crippen LogP contribution in [0.15, 0.2) is 60.7 Å². The van der Waals surface area contributed by atoms with E-state index < -0.39 is 22.9 Å². The molecule has 65 heavy (non-hydrogen) atoms. The number of rotatable bonds is 4. The second-order valence-electron chi connectivity index (χ2n) is 27.4. The van der Waals surface area contributed by atoms with Gasteiger partial charge in [-0.05, 0) is 0 Å². The Bertz CT molecular complexity index is 2330. The number of benzene rings is 4. The number of halogens is 2. The first kappa shape index (κ1) is 52.2. The quantitative estimate of drug-likeness (QED) is 0.179. The first-order chi connectivity index (χ1) is 28.7. The summed E-state index contributed by atoms with van der Waals surface area (Å²) in [6, 6.07) is 26.3. The zero-order chi connectivity index (χ0) is 46.4. The second kappa shape index (κ2) is 16.8. The first-order valence-corrected chi connectivity index (χ1v) is 28.7. The zero-order valence-electron chi connectivity index (χ0n) is 44.2. The average Bonchev–Trinajstić information content (AvgIpc) is 3.70. The van der Waals surface area contributed by atoms with Crippen molar-refractivity contribution in [3.05, 3.63) is 139 Å². The van der Waals surface area contributed by atoms with Gasteiger partial charge in [0.25, 0.3) is 0 Å². The average molecular weight is 1080 g/mol. The zero-order valence-corrected chi connectivity index (χ0v) is 49.3. The molecule has 0 aliphatic heterocycles. The maximum absolute atomic E-state index is 2.76. The summed E-state index contributed by atoms with van der Waals surface area (Å²) in [6.45, 7) is 48.9. The van der Waals surface area contributed by atoms with Crippen LogP contribution in [-0.4, -0.2) is 0 Å². The van der Waals surface area contributed by atoms with Crippen LogP contribution in [0.25, 0.3) is 23.3 Å². The Morgan fingerprint density at radius 2 is 0.615 bits per heavy atom. The van der Waals surface area contributed by atoms with Gasteiger partial charge in [-0.3, -0.25) is 0 Å². The molecule has 0 heterocycles. The van der Waals surface area contributed by atoms with Crippen molar-refractivity contribution in [2.45, 2.75) is 215 Å². The van der Waals surface area contributed by atoms with Crippen molar-refractivity contribution in [3.8, 4) is 0 Å². The maximum Gasteiger partial charge on any atom is -1.00 e. The van der Waals surface area contributed by atoms with Crippen LogP contribution in [0.1, 0.15) is 249 Å². The third kappa shape index (κ3) is 9.59. The Hall–Kier alpha value is -2.19. The molecule has 4 aliphatic carbocycles. The summed E-state index contributed by atoms with van der Waals surface area (Å²) in [4.78, 5) is 0. The van der Waals surface area contributed by atoms with Crippen molar-refractivity contribution in [1.29, 1.82) is 0 Å². The molecular formula is C62H82Cl2Hf. The van der Waals surface area contributed by atoms with Crippen LogP contribution in [0, 0.1) is 0 Å². The third-order valence-corrected chi connectivity index (χ3v) is 23.2. The van der Waals surface area contributed by atoms with E-state index >= 15 is 0 Å². The molecule has 0 bridgehead atoms. The first-order valence-electron chi connectivity index (χ1n) is 24.6. The van der Waals surface area contributed by atoms with E-state index in [1.165, 1.54) is 70.2 Å². The van der Waals surface area contributed by atoms with Crippen molar-refractivity contribution >= 4 is 23.3 Å². The molecule has 0 spiro atoms. The van der Waals surface area contributed by atoms with Crippen LogP contribution >= 0.6 is 0 Å². The van der Waals surface area contributed by atoms with Crippen molar-refractivity contribution in [1.82, 2.24) is 0 Å². The molecule has 0 nitrogen and oxygen atoms in total. The summed E-state index contributed by atoms with van der Waals surface area (Å²) in [6.07, 6.45) is 10.3. The fraction of sp³-hybridized carbons (Fsp3) is 0.548. The van der Waals surface area contributed by atoms with Crippen LogP contribution in [0.3, 0.4) is 0 Å². The van der Waals surface area contributed by atoms with Gasteiger partial charge in [0.2, 0.25) is 0 Å². The van der Waals surface area contributed by atoms with Gasteiger partial charge < -0.3 is 24.8 Å². The van der Waals surface area contributed by atoms with Gasteiger partial charge >= 0.3 is 400 Å². The van der Waals surface area contributed by atoms with Gasteiger partial charge in [0, 0.05) is 0 Å². The van der Waals surface area contributed by atoms with Crippen LogP contribution in [-0.2, 0) is 66.2 Å². The van der Waals surface area contributed by atoms with E-state index in [4.69, 9.17) is 0 Å². The number of hydrogen-bond donors (Lipinski definition) is 0. The summed E-state index contributed by atoms with van der Waals surface area (Å²) in [5, 5.41) is 0. The molecule has 0 saturated carbocycles. The van der Waals surface area contributed by atoms with E-state index in [2.05, 4.69) is 211 Å². The van der Waals surface area contributed by atoms with E-state index in [-0.39, 0.29) is 68.1 Å². The molecule has 2 atom stereocenters. The van der Waals surface area contributed by atoms with Crippen molar-refractivity contribution in [3.63, 3.8) is 0 Å². The van der Waals surface area contributed by atoms with Crippen LogP contribution in [0.5, 0.6) is 0 Å². The van der Waals surface area contributed by atoms with Gasteiger partial charge in [-0.1, -0.05) is 0 Å². The van der Waals surface area contributed by atoms with E-state index in [1.54, 1.807) is 44.5 Å². The number of fused-ring (bicyclic) bond motifs is 4. The van der Waals surface area contributed by atoms with Gasteiger partial charge in [-0.2, -0.15) is 0 Å². The van der Waals surface area contributed by atoms with Crippen molar-refractivity contribution in [2.75, 3.05) is 0 Å². The van der Waals surface area contributed by atoms with Crippen LogP contribution in [0.2, 0.25) is 0 Å². The topological polar surface area (TPSA) is 0 Å². The normalized spacial score (nSPS) is 21.4. The fourth-order valence-corrected chi connectivity index (χ4v) is 18.6. The smallest absolute Gasteiger partial charge is 1.00 e. The monoisotopic (exact) mass is 1080 g/mol. The summed E-state index contributed by atoms with van der Waals surface area (Å²) in [5.74, 6) is 0. The molecule has 0 amide bonds. The van der Waals surface area contributed by atoms with Gasteiger partial charge in [-0.15, -0.1) is 0 Å². The molecule has 0 fully saturated rings. The molecule has 348 valence electrons. The summed E-state index contributed by atoms with van der Waals surface area (Å²) in [7, 11) is 0. The molecule has 8 rings (SSSR count). The van der Waals surface area contributed by atoms with Gasteiger partial charge in [0.05, 0.1) is 0 Å². The van der Waals surface area contributed by atoms with Crippen molar-refractivity contribution < 1.29 is 47.7 Å². The van der Waals surface area contributed by atoms with Gasteiger partial charge in [-0.25, -0.2) is 0 Å². The number of allylic oxidation sites excluding steroid dienone is 2. The number of hydrogen-bond acceptors (Lipinski definition) is 0. The van der Waals surface area contributed by atoms with Gasteiger partial charge in [0.1, 0.15) is 0 Å². The summed E-state index contributed by atoms with van der Waals surface area (Å²) >= 11 is -1.72. The molecule has 0 saturated heterocycles. The minimum absolute atomic E-state index is 0. The molecule has 0 radical (unpaired) electrons. The van der Waals surface area contributed by atoms with E-state index in [0.29, 0.717) is 7.35 Å². The molecule has 4 aromatic carbocycles. The van der Waals surface area contributed by atoms with Gasteiger partial charge in [0.15, 0.2) is 0 Å². The Morgan fingerprint density at radius 3 is 0.862 bits per heavy atom. The molecule has 0 N–H and O–H groups in total. The Balaban J connectivity index is 0.00000350. The van der Waals surface area contributed by atoms with E-state index in [9.17, 15) is 0 Å². The Labute approximate surface area is 421 Å². The van der Waals surface area contributed by atoms with Crippen LogP contribution in [0.4, 0.5) is 0 Å². The molecular weight excluding hydrogens is 994 g/mol.